The second-order valence-electron chi connectivity index (χ2n) is 7.28. The van der Waals surface area contributed by atoms with Gasteiger partial charge in [-0.3, -0.25) is 0 Å². The molecule has 3 heterocycles. The number of likely N-dealkylation sites (tertiary alicyclic amines) is 1. The van der Waals surface area contributed by atoms with Crippen LogP contribution in [0.25, 0.3) is 0 Å². The molecule has 1 aliphatic carbocycles. The minimum atomic E-state index is 0.149. The Morgan fingerprint density at radius 2 is 1.83 bits per heavy atom. The maximum Gasteiger partial charge on any atom is 0.317 e. The number of hydrogen-bond acceptors (Lipinski definition) is 4. The maximum absolute atomic E-state index is 12.4. The van der Waals surface area contributed by atoms with Gasteiger partial charge >= 0.3 is 6.03 Å². The van der Waals surface area contributed by atoms with Crippen LogP contribution in [0.15, 0.2) is 12.4 Å². The Hall–Kier alpha value is -1.85. The number of nitrogens with one attached hydrogen (secondary N) is 1. The highest BCUT2D eigenvalue weighted by atomic mass is 16.2. The van der Waals surface area contributed by atoms with Crippen molar-refractivity contribution in [2.75, 3.05) is 31.1 Å². The summed E-state index contributed by atoms with van der Waals surface area (Å²) in [4.78, 5) is 25.3. The molecule has 0 bridgehead atoms. The van der Waals surface area contributed by atoms with Crippen molar-refractivity contribution in [2.24, 2.45) is 11.8 Å². The molecule has 2 amide bonds. The number of aromatic nitrogens is 2. The van der Waals surface area contributed by atoms with Gasteiger partial charge in [-0.1, -0.05) is 12.8 Å². The molecular formula is C17H25N5O. The van der Waals surface area contributed by atoms with Crippen molar-refractivity contribution in [1.29, 1.82) is 0 Å². The van der Waals surface area contributed by atoms with E-state index in [2.05, 4.69) is 20.2 Å². The summed E-state index contributed by atoms with van der Waals surface area (Å²) in [5.74, 6) is 2.16. The van der Waals surface area contributed by atoms with Crippen molar-refractivity contribution in [3.8, 4) is 0 Å². The van der Waals surface area contributed by atoms with Crippen LogP contribution in [-0.2, 0) is 0 Å². The molecular weight excluding hydrogens is 290 g/mol. The monoisotopic (exact) mass is 315 g/mol. The summed E-state index contributed by atoms with van der Waals surface area (Å²) in [5.41, 5.74) is 1.00. The summed E-state index contributed by atoms with van der Waals surface area (Å²) in [7, 11) is 0. The molecule has 3 aliphatic rings. The summed E-state index contributed by atoms with van der Waals surface area (Å²) < 4.78 is 0. The van der Waals surface area contributed by atoms with Crippen molar-refractivity contribution >= 4 is 11.8 Å². The van der Waals surface area contributed by atoms with Crippen molar-refractivity contribution in [1.82, 2.24) is 20.2 Å². The highest BCUT2D eigenvalue weighted by Gasteiger charge is 2.42. The van der Waals surface area contributed by atoms with E-state index in [9.17, 15) is 4.79 Å². The van der Waals surface area contributed by atoms with Crippen LogP contribution in [0.2, 0.25) is 0 Å². The lowest BCUT2D eigenvalue weighted by atomic mass is 10.0. The topological polar surface area (TPSA) is 61.4 Å². The van der Waals surface area contributed by atoms with E-state index in [1.807, 2.05) is 17.9 Å². The number of fused-ring (bicyclic) bond motifs is 1. The van der Waals surface area contributed by atoms with Gasteiger partial charge in [0.05, 0.1) is 0 Å². The van der Waals surface area contributed by atoms with Gasteiger partial charge in [-0.15, -0.1) is 0 Å². The number of amides is 2. The number of hydrogen-bond donors (Lipinski definition) is 1. The standard InChI is InChI=1S/C17H25N5O/c1-12-6-16(19-11-18-12)21-7-13-9-22(10-14(13)8-21)17(23)20-15-4-2-3-5-15/h6,11,13-15H,2-5,7-10H2,1H3,(H,20,23). The van der Waals surface area contributed by atoms with Crippen LogP contribution in [-0.4, -0.2) is 53.1 Å². The van der Waals surface area contributed by atoms with Gasteiger partial charge in [0.15, 0.2) is 0 Å². The van der Waals surface area contributed by atoms with E-state index in [0.717, 1.165) is 50.5 Å². The molecule has 0 spiro atoms. The first-order chi connectivity index (χ1) is 11.2. The Balaban J connectivity index is 1.33. The number of rotatable bonds is 2. The third kappa shape index (κ3) is 2.99. The summed E-state index contributed by atoms with van der Waals surface area (Å²) >= 11 is 0. The molecule has 6 heteroatoms. The maximum atomic E-state index is 12.4. The zero-order chi connectivity index (χ0) is 15.8. The minimum absolute atomic E-state index is 0.149. The predicted molar refractivity (Wildman–Crippen MR) is 88.3 cm³/mol. The van der Waals surface area contributed by atoms with Gasteiger partial charge in [0.2, 0.25) is 0 Å². The average molecular weight is 315 g/mol. The Morgan fingerprint density at radius 1 is 1.13 bits per heavy atom. The van der Waals surface area contributed by atoms with Gasteiger partial charge in [-0.2, -0.15) is 0 Å². The highest BCUT2D eigenvalue weighted by molar-refractivity contribution is 5.75. The SMILES string of the molecule is Cc1cc(N2CC3CN(C(=O)NC4CCCC4)CC3C2)ncn1. The fourth-order valence-electron chi connectivity index (χ4n) is 4.30. The lowest BCUT2D eigenvalue weighted by molar-refractivity contribution is 0.201. The normalized spacial score (nSPS) is 27.5. The van der Waals surface area contributed by atoms with Crippen LogP contribution < -0.4 is 10.2 Å². The number of nitrogens with zero attached hydrogens (tertiary/aromatic N) is 4. The van der Waals surface area contributed by atoms with Gasteiger partial charge in [0, 0.05) is 55.8 Å². The first-order valence-corrected chi connectivity index (χ1v) is 8.78. The summed E-state index contributed by atoms with van der Waals surface area (Å²) in [5, 5.41) is 3.21. The lowest BCUT2D eigenvalue weighted by Crippen LogP contribution is -2.44. The molecule has 0 radical (unpaired) electrons. The Kier molecular flexibility index (Phi) is 3.83. The fourth-order valence-corrected chi connectivity index (χ4v) is 4.30. The minimum Gasteiger partial charge on any atom is -0.356 e. The highest BCUT2D eigenvalue weighted by Crippen LogP contribution is 2.33. The molecule has 3 fully saturated rings. The number of urea groups is 1. The molecule has 124 valence electrons. The van der Waals surface area contributed by atoms with Crippen LogP contribution in [0.4, 0.5) is 10.6 Å². The summed E-state index contributed by atoms with van der Waals surface area (Å²) in [6.07, 6.45) is 6.44. The predicted octanol–water partition coefficient (Wildman–Crippen LogP) is 1.81. The van der Waals surface area contributed by atoms with Crippen molar-refractivity contribution in [3.63, 3.8) is 0 Å². The van der Waals surface area contributed by atoms with Crippen LogP contribution in [0.3, 0.4) is 0 Å². The molecule has 1 aromatic rings. The van der Waals surface area contributed by atoms with Gasteiger partial charge < -0.3 is 15.1 Å². The molecule has 1 saturated carbocycles. The molecule has 2 unspecified atom stereocenters. The third-order valence-electron chi connectivity index (χ3n) is 5.57. The number of aryl methyl sites for hydroxylation is 1. The van der Waals surface area contributed by atoms with Gasteiger partial charge in [-0.05, 0) is 19.8 Å². The smallest absolute Gasteiger partial charge is 0.317 e. The molecule has 23 heavy (non-hydrogen) atoms. The average Bonchev–Trinajstić information content (AvgIpc) is 3.22. The van der Waals surface area contributed by atoms with Crippen LogP contribution in [0, 0.1) is 18.8 Å². The quantitative estimate of drug-likeness (QED) is 0.904. The van der Waals surface area contributed by atoms with E-state index in [1.54, 1.807) is 6.33 Å². The van der Waals surface area contributed by atoms with Crippen LogP contribution in [0.5, 0.6) is 0 Å². The molecule has 6 nitrogen and oxygen atoms in total. The molecule has 2 atom stereocenters. The van der Waals surface area contributed by atoms with Crippen molar-refractivity contribution in [2.45, 2.75) is 38.6 Å². The van der Waals surface area contributed by atoms with E-state index in [4.69, 9.17) is 0 Å². The van der Waals surface area contributed by atoms with E-state index in [0.29, 0.717) is 17.9 Å². The third-order valence-corrected chi connectivity index (χ3v) is 5.57. The lowest BCUT2D eigenvalue weighted by Gasteiger charge is -2.24. The molecule has 0 aromatic carbocycles. The van der Waals surface area contributed by atoms with E-state index in [1.165, 1.54) is 12.8 Å². The van der Waals surface area contributed by atoms with Crippen molar-refractivity contribution < 1.29 is 4.79 Å². The second kappa shape index (κ2) is 5.98. The van der Waals surface area contributed by atoms with E-state index >= 15 is 0 Å². The zero-order valence-corrected chi connectivity index (χ0v) is 13.7. The number of anilines is 1. The number of carbonyl (C=O) groups is 1. The molecule has 4 rings (SSSR count). The molecule has 1 aromatic heterocycles. The van der Waals surface area contributed by atoms with E-state index in [-0.39, 0.29) is 6.03 Å². The number of carbonyl (C=O) groups excluding carboxylic acids is 1. The largest absolute Gasteiger partial charge is 0.356 e. The molecule has 1 N–H and O–H groups in total. The Bertz CT molecular complexity index is 572. The molecule has 2 saturated heterocycles. The van der Waals surface area contributed by atoms with Gasteiger partial charge in [-0.25, -0.2) is 14.8 Å². The summed E-state index contributed by atoms with van der Waals surface area (Å²) in [6, 6.07) is 2.60. The zero-order valence-electron chi connectivity index (χ0n) is 13.7. The van der Waals surface area contributed by atoms with Crippen LogP contribution in [0.1, 0.15) is 31.4 Å². The van der Waals surface area contributed by atoms with E-state index < -0.39 is 0 Å². The summed E-state index contributed by atoms with van der Waals surface area (Å²) in [6.45, 7) is 5.74. The van der Waals surface area contributed by atoms with Crippen molar-refractivity contribution in [3.05, 3.63) is 18.1 Å². The van der Waals surface area contributed by atoms with Gasteiger partial charge in [0.25, 0.3) is 0 Å². The van der Waals surface area contributed by atoms with Gasteiger partial charge in [0.1, 0.15) is 12.1 Å². The molecule has 2 aliphatic heterocycles. The fraction of sp³-hybridized carbons (Fsp3) is 0.706. The Morgan fingerprint density at radius 3 is 2.48 bits per heavy atom. The first kappa shape index (κ1) is 14.7. The second-order valence-corrected chi connectivity index (χ2v) is 7.28. The van der Waals surface area contributed by atoms with Crippen LogP contribution >= 0.6 is 0 Å². The first-order valence-electron chi connectivity index (χ1n) is 8.78. The Labute approximate surface area is 137 Å².